The molecular formula is C16H31N3O4. The van der Waals surface area contributed by atoms with Crippen molar-refractivity contribution >= 4 is 11.9 Å². The zero-order valence-corrected chi connectivity index (χ0v) is 14.5. The summed E-state index contributed by atoms with van der Waals surface area (Å²) in [5.41, 5.74) is 0. The molecule has 23 heavy (non-hydrogen) atoms. The van der Waals surface area contributed by atoms with Crippen molar-refractivity contribution in [2.24, 2.45) is 5.92 Å². The third kappa shape index (κ3) is 7.76. The maximum atomic E-state index is 12.3. The molecule has 7 heteroatoms. The zero-order chi connectivity index (χ0) is 17.2. The van der Waals surface area contributed by atoms with Crippen molar-refractivity contribution < 1.29 is 19.4 Å². The molecule has 1 aliphatic rings. The predicted molar refractivity (Wildman–Crippen MR) is 88.4 cm³/mol. The second kappa shape index (κ2) is 10.6. The number of rotatable bonds is 10. The number of amides is 1. The number of carboxylic acids is 1. The summed E-state index contributed by atoms with van der Waals surface area (Å²) < 4.78 is 5.31. The highest BCUT2D eigenvalue weighted by atomic mass is 16.5. The number of morpholine rings is 1. The van der Waals surface area contributed by atoms with Gasteiger partial charge in [0.2, 0.25) is 5.91 Å². The molecule has 0 radical (unpaired) electrons. The molecule has 1 heterocycles. The summed E-state index contributed by atoms with van der Waals surface area (Å²) in [4.78, 5) is 25.9. The van der Waals surface area contributed by atoms with Crippen LogP contribution in [0.5, 0.6) is 0 Å². The van der Waals surface area contributed by atoms with Gasteiger partial charge in [0.25, 0.3) is 0 Å². The lowest BCUT2D eigenvalue weighted by Crippen LogP contribution is -2.50. The van der Waals surface area contributed by atoms with E-state index in [0.717, 1.165) is 39.3 Å². The lowest BCUT2D eigenvalue weighted by Gasteiger charge is -2.27. The van der Waals surface area contributed by atoms with Gasteiger partial charge in [0.1, 0.15) is 6.04 Å². The first kappa shape index (κ1) is 19.9. The minimum Gasteiger partial charge on any atom is -0.480 e. The number of likely N-dealkylation sites (N-methyl/N-ethyl adjacent to an activating group) is 1. The van der Waals surface area contributed by atoms with Crippen LogP contribution in [0, 0.1) is 5.92 Å². The second-order valence-corrected chi connectivity index (χ2v) is 6.47. The van der Waals surface area contributed by atoms with Gasteiger partial charge in [-0.05, 0) is 38.8 Å². The van der Waals surface area contributed by atoms with E-state index in [2.05, 4.69) is 15.5 Å². The first-order valence-electron chi connectivity index (χ1n) is 8.44. The van der Waals surface area contributed by atoms with Crippen LogP contribution in [0.4, 0.5) is 0 Å². The minimum atomic E-state index is -0.977. The summed E-state index contributed by atoms with van der Waals surface area (Å²) in [6, 6.07) is -1.18. The molecule has 0 spiro atoms. The van der Waals surface area contributed by atoms with E-state index in [0.29, 0.717) is 12.8 Å². The summed E-state index contributed by atoms with van der Waals surface area (Å²) >= 11 is 0. The molecule has 0 saturated carbocycles. The highest BCUT2D eigenvalue weighted by molar-refractivity contribution is 5.86. The molecule has 0 aromatic rings. The van der Waals surface area contributed by atoms with Gasteiger partial charge in [0.05, 0.1) is 19.3 Å². The van der Waals surface area contributed by atoms with Crippen molar-refractivity contribution in [3.05, 3.63) is 0 Å². The van der Waals surface area contributed by atoms with E-state index in [1.807, 2.05) is 13.8 Å². The molecule has 2 atom stereocenters. The molecule has 0 unspecified atom stereocenters. The monoisotopic (exact) mass is 329 g/mol. The van der Waals surface area contributed by atoms with E-state index in [4.69, 9.17) is 4.74 Å². The third-order valence-corrected chi connectivity index (χ3v) is 4.06. The summed E-state index contributed by atoms with van der Waals surface area (Å²) in [6.45, 7) is 8.23. The van der Waals surface area contributed by atoms with Gasteiger partial charge in [-0.1, -0.05) is 13.8 Å². The molecule has 0 bridgehead atoms. The number of ether oxygens (including phenoxy) is 1. The lowest BCUT2D eigenvalue weighted by molar-refractivity contribution is -0.142. The van der Waals surface area contributed by atoms with Gasteiger partial charge in [-0.3, -0.25) is 9.69 Å². The summed E-state index contributed by atoms with van der Waals surface area (Å²) in [5.74, 6) is -0.997. The third-order valence-electron chi connectivity index (χ3n) is 4.06. The molecule has 1 rings (SSSR count). The van der Waals surface area contributed by atoms with Gasteiger partial charge in [-0.25, -0.2) is 4.79 Å². The van der Waals surface area contributed by atoms with E-state index in [1.54, 1.807) is 7.05 Å². The fraction of sp³-hybridized carbons (Fsp3) is 0.875. The Hall–Kier alpha value is -1.18. The van der Waals surface area contributed by atoms with Crippen LogP contribution in [0.2, 0.25) is 0 Å². The van der Waals surface area contributed by atoms with Crippen LogP contribution in [-0.4, -0.2) is 73.9 Å². The van der Waals surface area contributed by atoms with Gasteiger partial charge in [-0.2, -0.15) is 0 Å². The van der Waals surface area contributed by atoms with E-state index in [1.165, 1.54) is 0 Å². The quantitative estimate of drug-likeness (QED) is 0.534. The number of hydrogen-bond acceptors (Lipinski definition) is 5. The lowest BCUT2D eigenvalue weighted by atomic mass is 10.0. The standard InChI is InChI=1S/C16H31N3O4/c1-12(2)11-14(16(21)22)18-15(20)13(17-3)5-4-6-19-7-9-23-10-8-19/h12-14,17H,4-11H2,1-3H3,(H,18,20)(H,21,22)/t13-,14-/m0/s1. The Balaban J connectivity index is 2.38. The molecule has 1 aliphatic heterocycles. The molecule has 1 amide bonds. The van der Waals surface area contributed by atoms with Gasteiger partial charge >= 0.3 is 5.97 Å². The Morgan fingerprint density at radius 1 is 1.22 bits per heavy atom. The number of carbonyl (C=O) groups is 2. The topological polar surface area (TPSA) is 90.9 Å². The zero-order valence-electron chi connectivity index (χ0n) is 14.5. The van der Waals surface area contributed by atoms with Crippen LogP contribution in [0.25, 0.3) is 0 Å². The second-order valence-electron chi connectivity index (χ2n) is 6.47. The SMILES string of the molecule is CN[C@@H](CCCN1CCOCC1)C(=O)N[C@@H](CC(C)C)C(=O)O. The fourth-order valence-corrected chi connectivity index (χ4v) is 2.72. The molecule has 1 saturated heterocycles. The molecule has 134 valence electrons. The van der Waals surface area contributed by atoms with Crippen LogP contribution < -0.4 is 10.6 Å². The summed E-state index contributed by atoms with van der Waals surface area (Å²) in [5, 5.41) is 14.9. The van der Waals surface area contributed by atoms with E-state index >= 15 is 0 Å². The van der Waals surface area contributed by atoms with E-state index in [-0.39, 0.29) is 17.9 Å². The van der Waals surface area contributed by atoms with Gasteiger partial charge in [0.15, 0.2) is 0 Å². The molecule has 0 aliphatic carbocycles. The Morgan fingerprint density at radius 2 is 1.87 bits per heavy atom. The predicted octanol–water partition coefficient (Wildman–Crippen LogP) is 0.302. The van der Waals surface area contributed by atoms with Crippen LogP contribution in [-0.2, 0) is 14.3 Å². The number of nitrogens with one attached hydrogen (secondary N) is 2. The first-order chi connectivity index (χ1) is 10.9. The molecular weight excluding hydrogens is 298 g/mol. The summed E-state index contributed by atoms with van der Waals surface area (Å²) in [6.07, 6.45) is 2.01. The number of carboxylic acid groups (broad SMARTS) is 1. The average Bonchev–Trinajstić information content (AvgIpc) is 2.51. The smallest absolute Gasteiger partial charge is 0.326 e. The number of aliphatic carboxylic acids is 1. The molecule has 0 aromatic carbocycles. The normalized spacial score (nSPS) is 18.6. The average molecular weight is 329 g/mol. The Labute approximate surface area is 138 Å². The van der Waals surface area contributed by atoms with Crippen molar-refractivity contribution in [1.82, 2.24) is 15.5 Å². The van der Waals surface area contributed by atoms with Gasteiger partial charge < -0.3 is 20.5 Å². The van der Waals surface area contributed by atoms with E-state index in [9.17, 15) is 14.7 Å². The van der Waals surface area contributed by atoms with Crippen molar-refractivity contribution in [2.45, 2.75) is 45.2 Å². The Bertz CT molecular complexity index is 370. The highest BCUT2D eigenvalue weighted by Gasteiger charge is 2.25. The van der Waals surface area contributed by atoms with Crippen molar-refractivity contribution in [3.8, 4) is 0 Å². The highest BCUT2D eigenvalue weighted by Crippen LogP contribution is 2.07. The summed E-state index contributed by atoms with van der Waals surface area (Å²) in [7, 11) is 1.73. The van der Waals surface area contributed by atoms with Crippen molar-refractivity contribution in [3.63, 3.8) is 0 Å². The van der Waals surface area contributed by atoms with Crippen molar-refractivity contribution in [1.29, 1.82) is 0 Å². The van der Waals surface area contributed by atoms with Crippen LogP contribution in [0.1, 0.15) is 33.1 Å². The first-order valence-corrected chi connectivity index (χ1v) is 8.44. The maximum Gasteiger partial charge on any atom is 0.326 e. The number of nitrogens with zero attached hydrogens (tertiary/aromatic N) is 1. The Morgan fingerprint density at radius 3 is 2.39 bits per heavy atom. The van der Waals surface area contributed by atoms with E-state index < -0.39 is 12.0 Å². The number of hydrogen-bond donors (Lipinski definition) is 3. The molecule has 3 N–H and O–H groups in total. The van der Waals surface area contributed by atoms with Gasteiger partial charge in [-0.15, -0.1) is 0 Å². The largest absolute Gasteiger partial charge is 0.480 e. The van der Waals surface area contributed by atoms with Crippen molar-refractivity contribution in [2.75, 3.05) is 39.9 Å². The van der Waals surface area contributed by atoms with Crippen LogP contribution in [0.3, 0.4) is 0 Å². The van der Waals surface area contributed by atoms with Crippen LogP contribution in [0.15, 0.2) is 0 Å². The molecule has 0 aromatic heterocycles. The van der Waals surface area contributed by atoms with Gasteiger partial charge in [0, 0.05) is 13.1 Å². The Kier molecular flexibility index (Phi) is 9.13. The van der Waals surface area contributed by atoms with Crippen LogP contribution >= 0.6 is 0 Å². The minimum absolute atomic E-state index is 0.214. The molecule has 1 fully saturated rings. The maximum absolute atomic E-state index is 12.3. The molecule has 7 nitrogen and oxygen atoms in total. The number of carbonyl (C=O) groups excluding carboxylic acids is 1. The fourth-order valence-electron chi connectivity index (χ4n) is 2.72.